The van der Waals surface area contributed by atoms with Crippen LogP contribution in [0.5, 0.6) is 0 Å². The molecule has 0 bridgehead atoms. The summed E-state index contributed by atoms with van der Waals surface area (Å²) in [6, 6.07) is 20.0. The van der Waals surface area contributed by atoms with E-state index in [4.69, 9.17) is 0 Å². The summed E-state index contributed by atoms with van der Waals surface area (Å²) in [6.07, 6.45) is 3.98. The van der Waals surface area contributed by atoms with Crippen LogP contribution in [0.4, 0.5) is 5.82 Å². The predicted molar refractivity (Wildman–Crippen MR) is 98.3 cm³/mol. The monoisotopic (exact) mass is 332 g/mol. The second-order valence-electron chi connectivity index (χ2n) is 5.62. The predicted octanol–water partition coefficient (Wildman–Crippen LogP) is 3.06. The smallest absolute Gasteiger partial charge is 0.271 e. The third-order valence-corrected chi connectivity index (χ3v) is 3.74. The number of hydrogen-bond donors (Lipinski definition) is 2. The second kappa shape index (κ2) is 8.59. The Labute approximate surface area is 147 Å². The lowest BCUT2D eigenvalue weighted by Crippen LogP contribution is -2.24. The third kappa shape index (κ3) is 5.14. The minimum atomic E-state index is -0.229. The maximum atomic E-state index is 12.1. The molecule has 2 N–H and O–H groups in total. The van der Waals surface area contributed by atoms with Crippen molar-refractivity contribution in [1.82, 2.24) is 15.3 Å². The second-order valence-corrected chi connectivity index (χ2v) is 5.62. The number of amides is 1. The first-order chi connectivity index (χ1) is 12.3. The van der Waals surface area contributed by atoms with Crippen LogP contribution in [0.1, 0.15) is 21.6 Å². The largest absolute Gasteiger partial charge is 0.368 e. The Kier molecular flexibility index (Phi) is 5.72. The molecule has 0 spiro atoms. The van der Waals surface area contributed by atoms with E-state index < -0.39 is 0 Å². The van der Waals surface area contributed by atoms with Gasteiger partial charge in [0.05, 0.1) is 12.4 Å². The molecule has 0 aliphatic heterocycles. The van der Waals surface area contributed by atoms with Crippen LogP contribution in [-0.4, -0.2) is 22.4 Å². The van der Waals surface area contributed by atoms with Crippen LogP contribution in [0.15, 0.2) is 73.1 Å². The Bertz CT molecular complexity index is 789. The lowest BCUT2D eigenvalue weighted by Gasteiger charge is -2.07. The molecule has 1 aromatic heterocycles. The van der Waals surface area contributed by atoms with Crippen LogP contribution in [0.2, 0.25) is 0 Å². The molecule has 126 valence electrons. The van der Waals surface area contributed by atoms with Gasteiger partial charge >= 0.3 is 0 Å². The number of carbonyl (C=O) groups is 1. The number of rotatable bonds is 7. The van der Waals surface area contributed by atoms with Crippen molar-refractivity contribution < 1.29 is 4.79 Å². The van der Waals surface area contributed by atoms with Gasteiger partial charge in [-0.25, -0.2) is 9.97 Å². The fourth-order valence-electron chi connectivity index (χ4n) is 2.38. The highest BCUT2D eigenvalue weighted by Crippen LogP contribution is 2.04. The average Bonchev–Trinajstić information content (AvgIpc) is 2.68. The number of nitrogens with one attached hydrogen (secondary N) is 2. The molecule has 0 saturated heterocycles. The van der Waals surface area contributed by atoms with Crippen LogP contribution < -0.4 is 10.6 Å². The number of benzene rings is 2. The van der Waals surface area contributed by atoms with E-state index in [0.717, 1.165) is 18.5 Å². The van der Waals surface area contributed by atoms with Crippen molar-refractivity contribution >= 4 is 11.7 Å². The van der Waals surface area contributed by atoms with Crippen LogP contribution in [0.25, 0.3) is 0 Å². The summed E-state index contributed by atoms with van der Waals surface area (Å²) in [6.45, 7) is 1.23. The molecule has 25 heavy (non-hydrogen) atoms. The standard InChI is InChI=1S/C20H20N4O/c25-20(24-13-17-9-5-2-6-10-17)18-14-23-19(15-22-18)21-12-11-16-7-3-1-4-8-16/h1-10,14-15H,11-13H2,(H,21,23)(H,24,25). The zero-order valence-electron chi connectivity index (χ0n) is 13.9. The topological polar surface area (TPSA) is 66.9 Å². The van der Waals surface area contributed by atoms with Crippen LogP contribution in [0.3, 0.4) is 0 Å². The average molecular weight is 332 g/mol. The van der Waals surface area contributed by atoms with Gasteiger partial charge in [-0.1, -0.05) is 60.7 Å². The molecule has 3 rings (SSSR count). The highest BCUT2D eigenvalue weighted by Gasteiger charge is 2.07. The molecule has 5 nitrogen and oxygen atoms in total. The van der Waals surface area contributed by atoms with Crippen molar-refractivity contribution in [1.29, 1.82) is 0 Å². The third-order valence-electron chi connectivity index (χ3n) is 3.74. The normalized spacial score (nSPS) is 10.2. The highest BCUT2D eigenvalue weighted by molar-refractivity contribution is 5.91. The Balaban J connectivity index is 1.47. The Hall–Kier alpha value is -3.21. The van der Waals surface area contributed by atoms with Gasteiger partial charge in [-0.05, 0) is 17.5 Å². The van der Waals surface area contributed by atoms with Crippen molar-refractivity contribution in [3.63, 3.8) is 0 Å². The zero-order chi connectivity index (χ0) is 17.3. The first kappa shape index (κ1) is 16.6. The highest BCUT2D eigenvalue weighted by atomic mass is 16.1. The van der Waals surface area contributed by atoms with Crippen LogP contribution in [0, 0.1) is 0 Å². The summed E-state index contributed by atoms with van der Waals surface area (Å²) in [5.74, 6) is 0.433. The summed E-state index contributed by atoms with van der Waals surface area (Å²) >= 11 is 0. The number of aromatic nitrogens is 2. The van der Waals surface area contributed by atoms with Gasteiger partial charge in [0.2, 0.25) is 0 Å². The Morgan fingerprint density at radius 2 is 1.52 bits per heavy atom. The molecule has 5 heteroatoms. The van der Waals surface area contributed by atoms with Gasteiger partial charge in [0.1, 0.15) is 11.5 Å². The summed E-state index contributed by atoms with van der Waals surface area (Å²) in [5.41, 5.74) is 2.62. The first-order valence-corrected chi connectivity index (χ1v) is 8.23. The number of hydrogen-bond acceptors (Lipinski definition) is 4. The fourth-order valence-corrected chi connectivity index (χ4v) is 2.38. The molecule has 0 atom stereocenters. The number of anilines is 1. The number of nitrogens with zero attached hydrogens (tertiary/aromatic N) is 2. The Morgan fingerprint density at radius 1 is 0.840 bits per heavy atom. The van der Waals surface area contributed by atoms with E-state index in [9.17, 15) is 4.79 Å². The van der Waals surface area contributed by atoms with Crippen molar-refractivity contribution in [2.24, 2.45) is 0 Å². The van der Waals surface area contributed by atoms with Crippen molar-refractivity contribution in [2.45, 2.75) is 13.0 Å². The lowest BCUT2D eigenvalue weighted by atomic mass is 10.1. The molecular weight excluding hydrogens is 312 g/mol. The molecule has 1 heterocycles. The number of carbonyl (C=O) groups excluding carboxylic acids is 1. The van der Waals surface area contributed by atoms with Gasteiger partial charge in [-0.15, -0.1) is 0 Å². The molecule has 2 aromatic carbocycles. The maximum Gasteiger partial charge on any atom is 0.271 e. The van der Waals surface area contributed by atoms with Gasteiger partial charge in [0, 0.05) is 13.1 Å². The quantitative estimate of drug-likeness (QED) is 0.698. The van der Waals surface area contributed by atoms with E-state index >= 15 is 0 Å². The van der Waals surface area contributed by atoms with Crippen LogP contribution >= 0.6 is 0 Å². The summed E-state index contributed by atoms with van der Waals surface area (Å²) in [7, 11) is 0. The summed E-state index contributed by atoms with van der Waals surface area (Å²) in [5, 5.41) is 6.05. The SMILES string of the molecule is O=C(NCc1ccccc1)c1cnc(NCCc2ccccc2)cn1. The summed E-state index contributed by atoms with van der Waals surface area (Å²) < 4.78 is 0. The minimum absolute atomic E-state index is 0.229. The molecule has 1 amide bonds. The summed E-state index contributed by atoms with van der Waals surface area (Å²) in [4.78, 5) is 20.5. The van der Waals surface area contributed by atoms with Gasteiger partial charge < -0.3 is 10.6 Å². The van der Waals surface area contributed by atoms with Gasteiger partial charge in [-0.2, -0.15) is 0 Å². The molecule has 0 fully saturated rings. The van der Waals surface area contributed by atoms with Gasteiger partial charge in [0.15, 0.2) is 0 Å². The van der Waals surface area contributed by atoms with Crippen LogP contribution in [-0.2, 0) is 13.0 Å². The van der Waals surface area contributed by atoms with E-state index in [0.29, 0.717) is 18.1 Å². The lowest BCUT2D eigenvalue weighted by molar-refractivity contribution is 0.0945. The molecule has 0 aliphatic carbocycles. The van der Waals surface area contributed by atoms with E-state index in [1.165, 1.54) is 11.8 Å². The molecule has 0 radical (unpaired) electrons. The van der Waals surface area contributed by atoms with Gasteiger partial charge in [0.25, 0.3) is 5.91 Å². The van der Waals surface area contributed by atoms with E-state index in [1.807, 2.05) is 48.5 Å². The first-order valence-electron chi connectivity index (χ1n) is 8.23. The molecule has 3 aromatic rings. The van der Waals surface area contributed by atoms with Gasteiger partial charge in [-0.3, -0.25) is 4.79 Å². The molecule has 0 aliphatic rings. The maximum absolute atomic E-state index is 12.1. The minimum Gasteiger partial charge on any atom is -0.368 e. The van der Waals surface area contributed by atoms with Crippen molar-refractivity contribution in [2.75, 3.05) is 11.9 Å². The van der Waals surface area contributed by atoms with Crippen molar-refractivity contribution in [3.8, 4) is 0 Å². The zero-order valence-corrected chi connectivity index (χ0v) is 13.9. The van der Waals surface area contributed by atoms with E-state index in [-0.39, 0.29) is 5.91 Å². The fraction of sp³-hybridized carbons (Fsp3) is 0.150. The van der Waals surface area contributed by atoms with Crippen molar-refractivity contribution in [3.05, 3.63) is 89.9 Å². The molecular formula is C20H20N4O. The van der Waals surface area contributed by atoms with E-state index in [2.05, 4.69) is 32.7 Å². The molecule has 0 unspecified atom stereocenters. The van der Waals surface area contributed by atoms with E-state index in [1.54, 1.807) is 6.20 Å². The Morgan fingerprint density at radius 3 is 2.16 bits per heavy atom. The molecule has 0 saturated carbocycles.